The van der Waals surface area contributed by atoms with Crippen molar-refractivity contribution in [2.24, 2.45) is 0 Å². The molecule has 6 nitrogen and oxygen atoms in total. The highest BCUT2D eigenvalue weighted by Crippen LogP contribution is 2.28. The summed E-state index contributed by atoms with van der Waals surface area (Å²) in [6, 6.07) is 8.39. The lowest BCUT2D eigenvalue weighted by Crippen LogP contribution is -2.33. The van der Waals surface area contributed by atoms with Crippen LogP contribution >= 0.6 is 11.6 Å². The largest absolute Gasteiger partial charge is 0.484 e. The van der Waals surface area contributed by atoms with E-state index in [9.17, 15) is 9.90 Å². The average molecular weight is 337 g/mol. The molecule has 2 heterocycles. The Morgan fingerprint density at radius 2 is 2.35 bits per heavy atom. The van der Waals surface area contributed by atoms with Gasteiger partial charge in [0.2, 0.25) is 0 Å². The quantitative estimate of drug-likeness (QED) is 0.899. The van der Waals surface area contributed by atoms with Crippen molar-refractivity contribution in [3.05, 3.63) is 47.4 Å². The summed E-state index contributed by atoms with van der Waals surface area (Å²) >= 11 is 6.18. The standard InChI is InChI=1S/C16H17ClN2O4/c17-14-8-11(18-16(21)19-6-5-12(20)9-19)3-4-15(14)23-10-13-2-1-7-22-13/h1-4,7-8,12,20H,5-6,9-10H2,(H,18,21). The fraction of sp³-hybridized carbons (Fsp3) is 0.312. The molecule has 1 aliphatic rings. The lowest BCUT2D eigenvalue weighted by atomic mass is 10.3. The molecule has 1 aromatic heterocycles. The van der Waals surface area contributed by atoms with E-state index in [0.717, 1.165) is 0 Å². The molecule has 0 spiro atoms. The molecular weight excluding hydrogens is 320 g/mol. The molecule has 1 aromatic carbocycles. The van der Waals surface area contributed by atoms with Gasteiger partial charge < -0.3 is 24.5 Å². The van der Waals surface area contributed by atoms with Crippen molar-refractivity contribution in [1.82, 2.24) is 4.90 Å². The number of nitrogens with zero attached hydrogens (tertiary/aromatic N) is 1. The summed E-state index contributed by atoms with van der Waals surface area (Å²) in [5.41, 5.74) is 0.576. The van der Waals surface area contributed by atoms with E-state index in [1.807, 2.05) is 6.07 Å². The Balaban J connectivity index is 1.59. The summed E-state index contributed by atoms with van der Waals surface area (Å²) in [5.74, 6) is 1.21. The van der Waals surface area contributed by atoms with Crippen LogP contribution < -0.4 is 10.1 Å². The Bertz CT molecular complexity index is 675. The number of hydrogen-bond donors (Lipinski definition) is 2. The monoisotopic (exact) mass is 336 g/mol. The van der Waals surface area contributed by atoms with Gasteiger partial charge in [0.1, 0.15) is 18.1 Å². The summed E-state index contributed by atoms with van der Waals surface area (Å²) < 4.78 is 10.8. The molecule has 1 atom stereocenters. The van der Waals surface area contributed by atoms with E-state index in [1.165, 1.54) is 0 Å². The number of anilines is 1. The summed E-state index contributed by atoms with van der Waals surface area (Å²) in [5, 5.41) is 12.6. The second-order valence-electron chi connectivity index (χ2n) is 5.33. The molecule has 1 saturated heterocycles. The Morgan fingerprint density at radius 1 is 1.48 bits per heavy atom. The maximum absolute atomic E-state index is 12.1. The molecule has 1 fully saturated rings. The molecule has 7 heteroatoms. The van der Waals surface area contributed by atoms with Crippen molar-refractivity contribution < 1.29 is 19.1 Å². The summed E-state index contributed by atoms with van der Waals surface area (Å²) in [7, 11) is 0. The minimum Gasteiger partial charge on any atom is -0.484 e. The van der Waals surface area contributed by atoms with E-state index in [0.29, 0.717) is 41.7 Å². The summed E-state index contributed by atoms with van der Waals surface area (Å²) in [4.78, 5) is 13.6. The molecule has 0 bridgehead atoms. The van der Waals surface area contributed by atoms with Gasteiger partial charge in [-0.3, -0.25) is 0 Å². The van der Waals surface area contributed by atoms with Crippen molar-refractivity contribution in [2.75, 3.05) is 18.4 Å². The predicted molar refractivity (Wildman–Crippen MR) is 85.7 cm³/mol. The fourth-order valence-corrected chi connectivity index (χ4v) is 2.60. The van der Waals surface area contributed by atoms with Gasteiger partial charge in [0.25, 0.3) is 0 Å². The normalized spacial score (nSPS) is 17.3. The van der Waals surface area contributed by atoms with Gasteiger partial charge in [-0.1, -0.05) is 11.6 Å². The smallest absolute Gasteiger partial charge is 0.321 e. The molecule has 1 unspecified atom stereocenters. The molecule has 3 rings (SSSR count). The van der Waals surface area contributed by atoms with Gasteiger partial charge in [-0.05, 0) is 36.8 Å². The number of aliphatic hydroxyl groups is 1. The zero-order valence-electron chi connectivity index (χ0n) is 12.4. The van der Waals surface area contributed by atoms with Crippen LogP contribution in [0.2, 0.25) is 5.02 Å². The first-order valence-electron chi connectivity index (χ1n) is 7.30. The van der Waals surface area contributed by atoms with Crippen LogP contribution in [0.1, 0.15) is 12.2 Å². The first kappa shape index (κ1) is 15.7. The number of nitrogens with one attached hydrogen (secondary N) is 1. The van der Waals surface area contributed by atoms with Crippen molar-refractivity contribution in [1.29, 1.82) is 0 Å². The number of hydrogen-bond acceptors (Lipinski definition) is 4. The Hall–Kier alpha value is -2.18. The highest BCUT2D eigenvalue weighted by Gasteiger charge is 2.24. The maximum Gasteiger partial charge on any atom is 0.321 e. The van der Waals surface area contributed by atoms with Crippen molar-refractivity contribution >= 4 is 23.3 Å². The maximum atomic E-state index is 12.1. The van der Waals surface area contributed by atoms with E-state index in [2.05, 4.69) is 5.32 Å². The first-order valence-corrected chi connectivity index (χ1v) is 7.68. The van der Waals surface area contributed by atoms with Crippen molar-refractivity contribution in [3.63, 3.8) is 0 Å². The highest BCUT2D eigenvalue weighted by molar-refractivity contribution is 6.32. The molecule has 1 aliphatic heterocycles. The van der Waals surface area contributed by atoms with Crippen LogP contribution in [0.15, 0.2) is 41.0 Å². The molecule has 2 aromatic rings. The zero-order chi connectivity index (χ0) is 16.2. The number of ether oxygens (including phenoxy) is 1. The number of carbonyl (C=O) groups is 1. The number of carbonyl (C=O) groups excluding carboxylic acids is 1. The lowest BCUT2D eigenvalue weighted by molar-refractivity contribution is 0.176. The van der Waals surface area contributed by atoms with Crippen molar-refractivity contribution in [3.8, 4) is 5.75 Å². The second kappa shape index (κ2) is 6.93. The van der Waals surface area contributed by atoms with Gasteiger partial charge in [0, 0.05) is 18.8 Å². The highest BCUT2D eigenvalue weighted by atomic mass is 35.5. The average Bonchev–Trinajstić information content (AvgIpc) is 3.18. The van der Waals surface area contributed by atoms with Crippen LogP contribution in [0.5, 0.6) is 5.75 Å². The van der Waals surface area contributed by atoms with E-state index in [1.54, 1.807) is 35.4 Å². The van der Waals surface area contributed by atoms with Gasteiger partial charge >= 0.3 is 6.03 Å². The fourth-order valence-electron chi connectivity index (χ4n) is 2.37. The number of likely N-dealkylation sites (tertiary alicyclic amines) is 1. The predicted octanol–water partition coefficient (Wildman–Crippen LogP) is 3.11. The number of furan rings is 1. The SMILES string of the molecule is O=C(Nc1ccc(OCc2ccco2)c(Cl)c1)N1CCC(O)C1. The second-order valence-corrected chi connectivity index (χ2v) is 5.74. The van der Waals surface area contributed by atoms with Crippen LogP contribution in [-0.4, -0.2) is 35.2 Å². The third-order valence-electron chi connectivity index (χ3n) is 3.58. The number of β-amino-alcohol motifs (C(OH)–C–C–N with tert-alkyl or cyclic N) is 1. The lowest BCUT2D eigenvalue weighted by Gasteiger charge is -2.17. The number of urea groups is 1. The first-order chi connectivity index (χ1) is 11.1. The van der Waals surface area contributed by atoms with Gasteiger partial charge in [0.05, 0.1) is 17.4 Å². The van der Waals surface area contributed by atoms with Crippen LogP contribution in [-0.2, 0) is 6.61 Å². The zero-order valence-corrected chi connectivity index (χ0v) is 13.1. The number of aliphatic hydroxyl groups excluding tert-OH is 1. The van der Waals surface area contributed by atoms with Gasteiger partial charge in [0.15, 0.2) is 0 Å². The third-order valence-corrected chi connectivity index (χ3v) is 3.88. The number of rotatable bonds is 4. The summed E-state index contributed by atoms with van der Waals surface area (Å²) in [6.07, 6.45) is 1.74. The summed E-state index contributed by atoms with van der Waals surface area (Å²) in [6.45, 7) is 1.18. The molecule has 2 amide bonds. The minimum absolute atomic E-state index is 0.248. The third kappa shape index (κ3) is 3.97. The van der Waals surface area contributed by atoms with Crippen LogP contribution in [0.3, 0.4) is 0 Å². The Labute approximate surface area is 138 Å². The van der Waals surface area contributed by atoms with E-state index >= 15 is 0 Å². The topological polar surface area (TPSA) is 74.9 Å². The number of amides is 2. The van der Waals surface area contributed by atoms with Crippen LogP contribution in [0.25, 0.3) is 0 Å². The molecule has 0 aliphatic carbocycles. The number of halogens is 1. The van der Waals surface area contributed by atoms with Gasteiger partial charge in [-0.2, -0.15) is 0 Å². The van der Waals surface area contributed by atoms with E-state index in [4.69, 9.17) is 20.8 Å². The Morgan fingerprint density at radius 3 is 3.00 bits per heavy atom. The molecule has 0 radical (unpaired) electrons. The molecule has 23 heavy (non-hydrogen) atoms. The number of benzene rings is 1. The van der Waals surface area contributed by atoms with Gasteiger partial charge in [-0.15, -0.1) is 0 Å². The minimum atomic E-state index is -0.443. The van der Waals surface area contributed by atoms with E-state index < -0.39 is 6.10 Å². The van der Waals surface area contributed by atoms with Crippen LogP contribution in [0.4, 0.5) is 10.5 Å². The Kier molecular flexibility index (Phi) is 4.73. The van der Waals surface area contributed by atoms with Crippen molar-refractivity contribution in [2.45, 2.75) is 19.1 Å². The van der Waals surface area contributed by atoms with Gasteiger partial charge in [-0.25, -0.2) is 4.79 Å². The van der Waals surface area contributed by atoms with E-state index in [-0.39, 0.29) is 12.6 Å². The molecule has 0 saturated carbocycles. The molecular formula is C16H17ClN2O4. The van der Waals surface area contributed by atoms with Crippen LogP contribution in [0, 0.1) is 0 Å². The molecule has 2 N–H and O–H groups in total. The molecule has 122 valence electrons.